The Hall–Kier alpha value is -1.12. The summed E-state index contributed by atoms with van der Waals surface area (Å²) in [6.07, 6.45) is 0. The molecule has 0 amide bonds. The van der Waals surface area contributed by atoms with Crippen LogP contribution < -0.4 is 5.73 Å². The number of aliphatic hydroxyl groups is 1. The molecule has 15 heavy (non-hydrogen) atoms. The average Bonchev–Trinajstić information content (AvgIpc) is 2.65. The number of thiophene rings is 1. The van der Waals surface area contributed by atoms with Gasteiger partial charge in [-0.25, -0.2) is 8.78 Å². The first-order valence-corrected chi connectivity index (χ1v) is 4.73. The van der Waals surface area contributed by atoms with E-state index in [9.17, 15) is 18.9 Å². The van der Waals surface area contributed by atoms with Gasteiger partial charge < -0.3 is 10.8 Å². The average molecular weight is 238 g/mol. The highest BCUT2D eigenvalue weighted by Crippen LogP contribution is 2.33. The highest BCUT2D eigenvalue weighted by molar-refractivity contribution is 7.13. The summed E-state index contributed by atoms with van der Waals surface area (Å²) in [6.45, 7) is -1.39. The molecule has 0 saturated carbocycles. The molecule has 0 aliphatic heterocycles. The van der Waals surface area contributed by atoms with Crippen molar-refractivity contribution in [3.05, 3.63) is 27.1 Å². The van der Waals surface area contributed by atoms with E-state index in [0.29, 0.717) is 0 Å². The Morgan fingerprint density at radius 2 is 2.33 bits per heavy atom. The maximum absolute atomic E-state index is 12.9. The molecule has 1 aromatic heterocycles. The van der Waals surface area contributed by atoms with Crippen LogP contribution in [0.2, 0.25) is 0 Å². The van der Waals surface area contributed by atoms with Crippen LogP contribution in [0.15, 0.2) is 11.4 Å². The fourth-order valence-electron chi connectivity index (χ4n) is 0.940. The highest BCUT2D eigenvalue weighted by atomic mass is 32.1. The molecule has 0 aromatic carbocycles. The van der Waals surface area contributed by atoms with Crippen LogP contribution in [0, 0.1) is 10.1 Å². The standard InChI is InChI=1S/C7H8F2N2O3S/c8-7(9,3-12)6(10)4-1-5(11(13)14)15-2-4/h1-2,6,12H,3,10H2/t6-/m0/s1. The topological polar surface area (TPSA) is 89.4 Å². The zero-order chi connectivity index (χ0) is 11.6. The number of hydrogen-bond donors (Lipinski definition) is 2. The van der Waals surface area contributed by atoms with Crippen LogP contribution >= 0.6 is 11.3 Å². The van der Waals surface area contributed by atoms with E-state index in [1.165, 1.54) is 5.38 Å². The van der Waals surface area contributed by atoms with E-state index in [2.05, 4.69) is 0 Å². The van der Waals surface area contributed by atoms with Crippen molar-refractivity contribution in [1.29, 1.82) is 0 Å². The predicted octanol–water partition coefficient (Wildman–Crippen LogP) is 1.28. The maximum atomic E-state index is 12.9. The van der Waals surface area contributed by atoms with Crippen LogP contribution in [0.5, 0.6) is 0 Å². The third-order valence-corrected chi connectivity index (χ3v) is 2.71. The smallest absolute Gasteiger partial charge is 0.324 e. The number of nitro groups is 1. The van der Waals surface area contributed by atoms with Crippen molar-refractivity contribution in [3.8, 4) is 0 Å². The summed E-state index contributed by atoms with van der Waals surface area (Å²) in [4.78, 5) is 9.61. The van der Waals surface area contributed by atoms with Crippen LogP contribution in [-0.2, 0) is 0 Å². The van der Waals surface area contributed by atoms with Crippen LogP contribution in [-0.4, -0.2) is 22.6 Å². The molecule has 0 aliphatic carbocycles. The largest absolute Gasteiger partial charge is 0.390 e. The molecule has 84 valence electrons. The van der Waals surface area contributed by atoms with Crippen LogP contribution in [0.25, 0.3) is 0 Å². The first-order chi connectivity index (χ1) is 6.88. The van der Waals surface area contributed by atoms with Crippen molar-refractivity contribution in [3.63, 3.8) is 0 Å². The fraction of sp³-hybridized carbons (Fsp3) is 0.429. The summed E-state index contributed by atoms with van der Waals surface area (Å²) < 4.78 is 25.8. The van der Waals surface area contributed by atoms with E-state index < -0.39 is 23.5 Å². The van der Waals surface area contributed by atoms with Gasteiger partial charge in [-0.05, 0) is 5.56 Å². The second-order valence-corrected chi connectivity index (χ2v) is 3.76. The van der Waals surface area contributed by atoms with Gasteiger partial charge in [-0.2, -0.15) is 0 Å². The number of alkyl halides is 2. The van der Waals surface area contributed by atoms with Crippen LogP contribution in [0.3, 0.4) is 0 Å². The molecule has 0 spiro atoms. The molecule has 0 radical (unpaired) electrons. The maximum Gasteiger partial charge on any atom is 0.324 e. The van der Waals surface area contributed by atoms with E-state index in [4.69, 9.17) is 10.8 Å². The molecule has 5 nitrogen and oxygen atoms in total. The van der Waals surface area contributed by atoms with Gasteiger partial charge in [0, 0.05) is 11.4 Å². The minimum atomic E-state index is -3.48. The van der Waals surface area contributed by atoms with Gasteiger partial charge >= 0.3 is 5.00 Å². The first-order valence-electron chi connectivity index (χ1n) is 3.85. The lowest BCUT2D eigenvalue weighted by Gasteiger charge is -2.19. The first kappa shape index (κ1) is 12.0. The molecule has 1 rings (SSSR count). The van der Waals surface area contributed by atoms with E-state index in [1.54, 1.807) is 0 Å². The minimum Gasteiger partial charge on any atom is -0.390 e. The molecule has 0 bridgehead atoms. The van der Waals surface area contributed by atoms with E-state index in [-0.39, 0.29) is 10.6 Å². The third-order valence-electron chi connectivity index (χ3n) is 1.81. The van der Waals surface area contributed by atoms with Gasteiger partial charge in [0.15, 0.2) is 0 Å². The summed E-state index contributed by atoms with van der Waals surface area (Å²) in [5, 5.41) is 19.6. The van der Waals surface area contributed by atoms with Gasteiger partial charge in [-0.1, -0.05) is 11.3 Å². The number of aliphatic hydroxyl groups excluding tert-OH is 1. The number of hydrogen-bond acceptors (Lipinski definition) is 5. The Labute approximate surface area is 87.3 Å². The quantitative estimate of drug-likeness (QED) is 0.610. The van der Waals surface area contributed by atoms with Crippen LogP contribution in [0.1, 0.15) is 11.6 Å². The number of nitrogens with zero attached hydrogens (tertiary/aromatic N) is 1. The predicted molar refractivity (Wildman–Crippen MR) is 49.9 cm³/mol. The molecule has 1 atom stereocenters. The molecule has 0 saturated heterocycles. The molecule has 0 fully saturated rings. The molecule has 0 unspecified atom stereocenters. The van der Waals surface area contributed by atoms with Gasteiger partial charge in [0.1, 0.15) is 6.61 Å². The Morgan fingerprint density at radius 1 is 1.73 bits per heavy atom. The third kappa shape index (κ3) is 2.46. The number of nitrogens with two attached hydrogens (primary N) is 1. The second kappa shape index (κ2) is 4.17. The molecule has 0 aliphatic rings. The monoisotopic (exact) mass is 238 g/mol. The van der Waals surface area contributed by atoms with E-state index >= 15 is 0 Å². The van der Waals surface area contributed by atoms with Gasteiger partial charge in [-0.3, -0.25) is 10.1 Å². The normalized spacial score (nSPS) is 13.9. The van der Waals surface area contributed by atoms with Crippen molar-refractivity contribution >= 4 is 16.3 Å². The Morgan fingerprint density at radius 3 is 2.73 bits per heavy atom. The Kier molecular flexibility index (Phi) is 3.32. The SMILES string of the molecule is N[C@@H](c1csc([N+](=O)[O-])c1)C(F)(F)CO. The summed E-state index contributed by atoms with van der Waals surface area (Å²) in [5.74, 6) is -3.48. The van der Waals surface area contributed by atoms with Crippen molar-refractivity contribution in [2.75, 3.05) is 6.61 Å². The summed E-state index contributed by atoms with van der Waals surface area (Å²) >= 11 is 0.719. The van der Waals surface area contributed by atoms with Gasteiger partial charge in [-0.15, -0.1) is 0 Å². The highest BCUT2D eigenvalue weighted by Gasteiger charge is 2.38. The van der Waals surface area contributed by atoms with Gasteiger partial charge in [0.05, 0.1) is 11.0 Å². The van der Waals surface area contributed by atoms with E-state index in [0.717, 1.165) is 17.4 Å². The molecule has 3 N–H and O–H groups in total. The zero-order valence-corrected chi connectivity index (χ0v) is 8.21. The van der Waals surface area contributed by atoms with Crippen molar-refractivity contribution in [1.82, 2.24) is 0 Å². The zero-order valence-electron chi connectivity index (χ0n) is 7.39. The van der Waals surface area contributed by atoms with Crippen molar-refractivity contribution < 1.29 is 18.8 Å². The molecular weight excluding hydrogens is 230 g/mol. The van der Waals surface area contributed by atoms with Gasteiger partial charge in [0.2, 0.25) is 0 Å². The Bertz CT molecular complexity index is 369. The number of halogens is 2. The summed E-state index contributed by atoms with van der Waals surface area (Å²) in [6, 6.07) is -0.744. The molecule has 8 heteroatoms. The van der Waals surface area contributed by atoms with E-state index in [1.807, 2.05) is 0 Å². The summed E-state index contributed by atoms with van der Waals surface area (Å²) in [5.41, 5.74) is 5.12. The summed E-state index contributed by atoms with van der Waals surface area (Å²) in [7, 11) is 0. The minimum absolute atomic E-state index is 0.0502. The van der Waals surface area contributed by atoms with Crippen molar-refractivity contribution in [2.24, 2.45) is 5.73 Å². The number of rotatable bonds is 4. The second-order valence-electron chi connectivity index (χ2n) is 2.87. The lowest BCUT2D eigenvalue weighted by atomic mass is 10.1. The van der Waals surface area contributed by atoms with Crippen LogP contribution in [0.4, 0.5) is 13.8 Å². The lowest BCUT2D eigenvalue weighted by molar-refractivity contribution is -0.380. The van der Waals surface area contributed by atoms with Crippen molar-refractivity contribution in [2.45, 2.75) is 12.0 Å². The molecule has 1 heterocycles. The van der Waals surface area contributed by atoms with Gasteiger partial charge in [0.25, 0.3) is 5.92 Å². The Balaban J connectivity index is 2.92. The molecule has 1 aromatic rings. The molecular formula is C7H8F2N2O3S. The fourth-order valence-corrected chi connectivity index (χ4v) is 1.70. The lowest BCUT2D eigenvalue weighted by Crippen LogP contribution is -2.35.